The lowest BCUT2D eigenvalue weighted by Gasteiger charge is -2.23. The molecule has 4 aromatic rings. The maximum absolute atomic E-state index is 13.4. The minimum atomic E-state index is -0.207. The Morgan fingerprint density at radius 3 is 2.53 bits per heavy atom. The second-order valence-corrected chi connectivity index (χ2v) is 8.17. The van der Waals surface area contributed by atoms with Gasteiger partial charge in [0.25, 0.3) is 11.5 Å². The van der Waals surface area contributed by atoms with Crippen molar-refractivity contribution in [2.24, 2.45) is 0 Å². The molecule has 0 fully saturated rings. The minimum absolute atomic E-state index is 0.165. The molecule has 0 bridgehead atoms. The zero-order valence-corrected chi connectivity index (χ0v) is 18.6. The molecule has 6 heteroatoms. The lowest BCUT2D eigenvalue weighted by atomic mass is 10.1. The number of carbonyl (C=O) groups is 1. The molecule has 0 aliphatic heterocycles. The first-order chi connectivity index (χ1) is 15.4. The number of ether oxygens (including phenoxy) is 1. The van der Waals surface area contributed by atoms with Crippen molar-refractivity contribution < 1.29 is 9.53 Å². The summed E-state index contributed by atoms with van der Waals surface area (Å²) in [7, 11) is 1.56. The molecule has 32 heavy (non-hydrogen) atoms. The molecule has 0 unspecified atom stereocenters. The summed E-state index contributed by atoms with van der Waals surface area (Å²) in [5.41, 5.74) is 3.59. The predicted octanol–water partition coefficient (Wildman–Crippen LogP) is 5.34. The number of rotatable bonds is 6. The largest absolute Gasteiger partial charge is 0.497 e. The Morgan fingerprint density at radius 2 is 1.78 bits per heavy atom. The van der Waals surface area contributed by atoms with E-state index in [1.165, 1.54) is 0 Å². The van der Waals surface area contributed by atoms with Crippen LogP contribution >= 0.6 is 11.6 Å². The number of H-pyrrole nitrogens is 1. The molecule has 0 spiro atoms. The summed E-state index contributed by atoms with van der Waals surface area (Å²) in [6, 6.07) is 22.1. The van der Waals surface area contributed by atoms with Gasteiger partial charge in [-0.2, -0.15) is 0 Å². The molecule has 0 aliphatic rings. The van der Waals surface area contributed by atoms with Crippen LogP contribution in [0.25, 0.3) is 10.9 Å². The van der Waals surface area contributed by atoms with E-state index in [1.807, 2.05) is 43.3 Å². The van der Waals surface area contributed by atoms with E-state index in [0.29, 0.717) is 28.4 Å². The lowest BCUT2D eigenvalue weighted by Crippen LogP contribution is -2.32. The van der Waals surface area contributed by atoms with E-state index in [1.54, 1.807) is 48.4 Å². The van der Waals surface area contributed by atoms with Gasteiger partial charge in [0.15, 0.2) is 0 Å². The summed E-state index contributed by atoms with van der Waals surface area (Å²) < 4.78 is 5.27. The smallest absolute Gasteiger partial charge is 0.254 e. The molecule has 0 saturated carbocycles. The van der Waals surface area contributed by atoms with Gasteiger partial charge in [-0.15, -0.1) is 0 Å². The van der Waals surface area contributed by atoms with Gasteiger partial charge in [-0.1, -0.05) is 41.4 Å². The van der Waals surface area contributed by atoms with Gasteiger partial charge in [0.05, 0.1) is 13.7 Å². The first-order valence-electron chi connectivity index (χ1n) is 10.2. The number of carbonyl (C=O) groups excluding carboxylic acids is 1. The molecule has 1 amide bonds. The first kappa shape index (κ1) is 21.7. The van der Waals surface area contributed by atoms with Gasteiger partial charge < -0.3 is 14.6 Å². The van der Waals surface area contributed by atoms with Crippen molar-refractivity contribution >= 4 is 28.4 Å². The van der Waals surface area contributed by atoms with Gasteiger partial charge in [-0.25, -0.2) is 0 Å². The standard InChI is InChI=1S/C26H23ClN2O3/c1-17-6-11-24-20(12-17)13-21(25(30)28-24)16-29(15-18-7-9-22(27)10-8-18)26(31)19-4-3-5-23(14-19)32-2/h3-14H,15-16H2,1-2H3,(H,28,30). The average molecular weight is 447 g/mol. The van der Waals surface area contributed by atoms with Crippen LogP contribution in [-0.2, 0) is 13.1 Å². The zero-order chi connectivity index (χ0) is 22.7. The highest BCUT2D eigenvalue weighted by molar-refractivity contribution is 6.30. The van der Waals surface area contributed by atoms with Crippen LogP contribution in [0.3, 0.4) is 0 Å². The molecule has 1 N–H and O–H groups in total. The zero-order valence-electron chi connectivity index (χ0n) is 17.9. The van der Waals surface area contributed by atoms with E-state index in [9.17, 15) is 9.59 Å². The Kier molecular flexibility index (Phi) is 6.28. The SMILES string of the molecule is COc1cccc(C(=O)N(Cc2ccc(Cl)cc2)Cc2cc3cc(C)ccc3[nH]c2=O)c1. The van der Waals surface area contributed by atoms with Crippen LogP contribution in [0.5, 0.6) is 5.75 Å². The molecule has 0 aliphatic carbocycles. The number of hydrogen-bond donors (Lipinski definition) is 1. The van der Waals surface area contributed by atoms with Crippen molar-refractivity contribution in [1.82, 2.24) is 9.88 Å². The average Bonchev–Trinajstić information content (AvgIpc) is 2.80. The Bertz CT molecular complexity index is 1330. The summed E-state index contributed by atoms with van der Waals surface area (Å²) in [6.45, 7) is 2.50. The fourth-order valence-electron chi connectivity index (χ4n) is 3.64. The molecule has 4 rings (SSSR count). The van der Waals surface area contributed by atoms with Crippen molar-refractivity contribution in [3.63, 3.8) is 0 Å². The van der Waals surface area contributed by atoms with E-state index in [4.69, 9.17) is 16.3 Å². The Hall–Kier alpha value is -3.57. The summed E-state index contributed by atoms with van der Waals surface area (Å²) in [5, 5.41) is 1.56. The maximum Gasteiger partial charge on any atom is 0.254 e. The number of methoxy groups -OCH3 is 1. The van der Waals surface area contributed by atoms with Crippen molar-refractivity contribution in [3.05, 3.63) is 110 Å². The highest BCUT2D eigenvalue weighted by atomic mass is 35.5. The fraction of sp³-hybridized carbons (Fsp3) is 0.154. The molecule has 0 saturated heterocycles. The van der Waals surface area contributed by atoms with E-state index < -0.39 is 0 Å². The molecule has 0 atom stereocenters. The van der Waals surface area contributed by atoms with Gasteiger partial charge in [0.1, 0.15) is 5.75 Å². The molecule has 162 valence electrons. The van der Waals surface area contributed by atoms with Crippen LogP contribution in [0.2, 0.25) is 5.02 Å². The number of aryl methyl sites for hydroxylation is 1. The van der Waals surface area contributed by atoms with Crippen LogP contribution in [0, 0.1) is 6.92 Å². The number of pyridine rings is 1. The number of amides is 1. The van der Waals surface area contributed by atoms with Crippen molar-refractivity contribution in [2.75, 3.05) is 7.11 Å². The molecule has 1 heterocycles. The van der Waals surface area contributed by atoms with E-state index in [-0.39, 0.29) is 18.0 Å². The number of halogens is 1. The summed E-state index contributed by atoms with van der Waals surface area (Å²) >= 11 is 6.02. The summed E-state index contributed by atoms with van der Waals surface area (Å²) in [4.78, 5) is 30.8. The van der Waals surface area contributed by atoms with Gasteiger partial charge in [0, 0.05) is 28.2 Å². The highest BCUT2D eigenvalue weighted by Gasteiger charge is 2.19. The Balaban J connectivity index is 1.72. The van der Waals surface area contributed by atoms with Crippen LogP contribution in [0.15, 0.2) is 77.6 Å². The highest BCUT2D eigenvalue weighted by Crippen LogP contribution is 2.20. The molecular formula is C26H23ClN2O3. The quantitative estimate of drug-likeness (QED) is 0.434. The molecule has 1 aromatic heterocycles. The number of aromatic nitrogens is 1. The van der Waals surface area contributed by atoms with Gasteiger partial charge in [0.2, 0.25) is 0 Å². The third-order valence-corrected chi connectivity index (χ3v) is 5.58. The Labute approximate surface area is 191 Å². The van der Waals surface area contributed by atoms with Crippen LogP contribution < -0.4 is 10.3 Å². The lowest BCUT2D eigenvalue weighted by molar-refractivity contribution is 0.0729. The minimum Gasteiger partial charge on any atom is -0.497 e. The summed E-state index contributed by atoms with van der Waals surface area (Å²) in [5.74, 6) is 0.406. The number of nitrogens with one attached hydrogen (secondary N) is 1. The van der Waals surface area contributed by atoms with Crippen LogP contribution in [-0.4, -0.2) is 22.9 Å². The monoisotopic (exact) mass is 446 g/mol. The first-order valence-corrected chi connectivity index (χ1v) is 10.6. The van der Waals surface area contributed by atoms with Crippen molar-refractivity contribution in [3.8, 4) is 5.75 Å². The van der Waals surface area contributed by atoms with Crippen LogP contribution in [0.4, 0.5) is 0 Å². The molecular weight excluding hydrogens is 424 g/mol. The second kappa shape index (κ2) is 9.28. The topological polar surface area (TPSA) is 62.4 Å². The third kappa shape index (κ3) is 4.84. The second-order valence-electron chi connectivity index (χ2n) is 7.73. The summed E-state index contributed by atoms with van der Waals surface area (Å²) in [6.07, 6.45) is 0. The van der Waals surface area contributed by atoms with Crippen LogP contribution in [0.1, 0.15) is 27.0 Å². The van der Waals surface area contributed by atoms with E-state index in [2.05, 4.69) is 4.98 Å². The molecule has 0 radical (unpaired) electrons. The Morgan fingerprint density at radius 1 is 1.00 bits per heavy atom. The fourth-order valence-corrected chi connectivity index (χ4v) is 3.77. The number of aromatic amines is 1. The predicted molar refractivity (Wildman–Crippen MR) is 127 cm³/mol. The molecule has 3 aromatic carbocycles. The van der Waals surface area contributed by atoms with Gasteiger partial charge in [-0.3, -0.25) is 9.59 Å². The number of hydrogen-bond acceptors (Lipinski definition) is 3. The van der Waals surface area contributed by atoms with E-state index in [0.717, 1.165) is 22.0 Å². The number of benzene rings is 3. The number of fused-ring (bicyclic) bond motifs is 1. The van der Waals surface area contributed by atoms with Crippen molar-refractivity contribution in [2.45, 2.75) is 20.0 Å². The molecule has 5 nitrogen and oxygen atoms in total. The van der Waals surface area contributed by atoms with E-state index >= 15 is 0 Å². The maximum atomic E-state index is 13.4. The normalized spacial score (nSPS) is 10.8. The van der Waals surface area contributed by atoms with Gasteiger partial charge >= 0.3 is 0 Å². The number of nitrogens with zero attached hydrogens (tertiary/aromatic N) is 1. The van der Waals surface area contributed by atoms with Gasteiger partial charge in [-0.05, 0) is 66.4 Å². The van der Waals surface area contributed by atoms with Crippen molar-refractivity contribution in [1.29, 1.82) is 0 Å². The third-order valence-electron chi connectivity index (χ3n) is 5.33.